The van der Waals surface area contributed by atoms with Crippen molar-refractivity contribution in [3.63, 3.8) is 0 Å². The summed E-state index contributed by atoms with van der Waals surface area (Å²) in [5.41, 5.74) is 14.7. The van der Waals surface area contributed by atoms with Gasteiger partial charge in [0.05, 0.1) is 5.39 Å². The monoisotopic (exact) mass is 390 g/mol. The number of benzene rings is 2. The van der Waals surface area contributed by atoms with Crippen molar-refractivity contribution in [1.82, 2.24) is 0 Å². The van der Waals surface area contributed by atoms with E-state index in [1.165, 1.54) is 6.07 Å². The zero-order chi connectivity index (χ0) is 21.1. The molecule has 4 N–H and O–H groups in total. The summed E-state index contributed by atoms with van der Waals surface area (Å²) in [4.78, 5) is 21.4. The SMILES string of the molecule is CC(C)N=C(N)c1ccc(-c2cc(=O)c3cc(C(N)=NC(C)C)ccc3o2)cc1. The van der Waals surface area contributed by atoms with Crippen LogP contribution in [-0.2, 0) is 0 Å². The molecule has 0 saturated carbocycles. The molecule has 0 atom stereocenters. The van der Waals surface area contributed by atoms with Crippen molar-refractivity contribution in [2.24, 2.45) is 21.5 Å². The van der Waals surface area contributed by atoms with Crippen LogP contribution in [0, 0.1) is 0 Å². The summed E-state index contributed by atoms with van der Waals surface area (Å²) >= 11 is 0. The van der Waals surface area contributed by atoms with Crippen LogP contribution in [-0.4, -0.2) is 23.8 Å². The molecular weight excluding hydrogens is 364 g/mol. The van der Waals surface area contributed by atoms with Crippen LogP contribution in [0.1, 0.15) is 38.8 Å². The summed E-state index contributed by atoms with van der Waals surface area (Å²) in [6.07, 6.45) is 0. The lowest BCUT2D eigenvalue weighted by molar-refractivity contribution is 0.619. The van der Waals surface area contributed by atoms with E-state index in [-0.39, 0.29) is 17.5 Å². The van der Waals surface area contributed by atoms with Gasteiger partial charge in [-0.3, -0.25) is 14.8 Å². The summed E-state index contributed by atoms with van der Waals surface area (Å²) in [5, 5.41) is 0.470. The first-order valence-electron chi connectivity index (χ1n) is 9.60. The van der Waals surface area contributed by atoms with Crippen molar-refractivity contribution >= 4 is 22.6 Å². The lowest BCUT2D eigenvalue weighted by Gasteiger charge is -2.08. The average Bonchev–Trinajstić information content (AvgIpc) is 2.66. The number of aliphatic imine (C=N–C) groups is 2. The molecule has 0 aliphatic rings. The maximum Gasteiger partial charge on any atom is 0.193 e. The molecule has 0 spiro atoms. The summed E-state index contributed by atoms with van der Waals surface area (Å²) in [5.74, 6) is 1.38. The summed E-state index contributed by atoms with van der Waals surface area (Å²) in [6.45, 7) is 7.83. The van der Waals surface area contributed by atoms with Gasteiger partial charge in [-0.15, -0.1) is 0 Å². The van der Waals surface area contributed by atoms with Gasteiger partial charge in [0.25, 0.3) is 0 Å². The van der Waals surface area contributed by atoms with E-state index in [1.807, 2.05) is 58.0 Å². The maximum absolute atomic E-state index is 12.7. The molecule has 6 nitrogen and oxygen atoms in total. The fraction of sp³-hybridized carbons (Fsp3) is 0.261. The predicted octanol–water partition coefficient (Wildman–Crippen LogP) is 3.69. The second-order valence-electron chi connectivity index (χ2n) is 7.48. The minimum Gasteiger partial charge on any atom is -0.456 e. The molecule has 1 aromatic heterocycles. The van der Waals surface area contributed by atoms with E-state index in [2.05, 4.69) is 9.98 Å². The number of nitrogens with two attached hydrogens (primary N) is 2. The van der Waals surface area contributed by atoms with Crippen molar-refractivity contribution in [2.75, 3.05) is 0 Å². The molecule has 0 aliphatic carbocycles. The highest BCUT2D eigenvalue weighted by Gasteiger charge is 2.10. The van der Waals surface area contributed by atoms with Crippen LogP contribution in [0.25, 0.3) is 22.3 Å². The Morgan fingerprint density at radius 1 is 0.828 bits per heavy atom. The minimum absolute atomic E-state index is 0.0760. The Morgan fingerprint density at radius 2 is 1.38 bits per heavy atom. The molecular formula is C23H26N4O2. The van der Waals surface area contributed by atoms with Crippen molar-refractivity contribution in [3.8, 4) is 11.3 Å². The van der Waals surface area contributed by atoms with Crippen LogP contribution in [0.5, 0.6) is 0 Å². The van der Waals surface area contributed by atoms with Gasteiger partial charge in [-0.2, -0.15) is 0 Å². The average molecular weight is 390 g/mol. The van der Waals surface area contributed by atoms with Gasteiger partial charge in [-0.1, -0.05) is 24.3 Å². The highest BCUT2D eigenvalue weighted by Crippen LogP contribution is 2.23. The van der Waals surface area contributed by atoms with E-state index in [1.54, 1.807) is 12.1 Å². The molecule has 2 aromatic carbocycles. The normalized spacial score (nSPS) is 12.9. The highest BCUT2D eigenvalue weighted by molar-refractivity contribution is 6.00. The third-order valence-electron chi connectivity index (χ3n) is 4.28. The molecule has 1 heterocycles. The van der Waals surface area contributed by atoms with Crippen LogP contribution in [0.2, 0.25) is 0 Å². The van der Waals surface area contributed by atoms with Crippen LogP contribution in [0.3, 0.4) is 0 Å². The highest BCUT2D eigenvalue weighted by atomic mass is 16.3. The summed E-state index contributed by atoms with van der Waals surface area (Å²) < 4.78 is 5.97. The Bertz CT molecular complexity index is 1140. The molecule has 0 saturated heterocycles. The second kappa shape index (κ2) is 8.31. The molecule has 0 fully saturated rings. The largest absolute Gasteiger partial charge is 0.456 e. The third-order valence-corrected chi connectivity index (χ3v) is 4.28. The molecule has 3 rings (SSSR count). The Kier molecular flexibility index (Phi) is 5.82. The number of nitrogens with zero attached hydrogens (tertiary/aromatic N) is 2. The van der Waals surface area contributed by atoms with Gasteiger partial charge in [0.2, 0.25) is 0 Å². The number of hydrogen-bond donors (Lipinski definition) is 2. The van der Waals surface area contributed by atoms with Crippen molar-refractivity contribution in [3.05, 3.63) is 69.9 Å². The lowest BCUT2D eigenvalue weighted by Crippen LogP contribution is -2.16. The molecule has 0 amide bonds. The van der Waals surface area contributed by atoms with Gasteiger partial charge in [0.1, 0.15) is 23.0 Å². The van der Waals surface area contributed by atoms with E-state index in [4.69, 9.17) is 15.9 Å². The zero-order valence-corrected chi connectivity index (χ0v) is 17.1. The Morgan fingerprint density at radius 3 is 1.97 bits per heavy atom. The number of amidine groups is 2. The Hall–Kier alpha value is -3.41. The fourth-order valence-electron chi connectivity index (χ4n) is 2.97. The number of rotatable bonds is 5. The van der Waals surface area contributed by atoms with Gasteiger partial charge in [-0.05, 0) is 45.9 Å². The van der Waals surface area contributed by atoms with E-state index in [0.29, 0.717) is 34.0 Å². The summed E-state index contributed by atoms with van der Waals surface area (Å²) in [7, 11) is 0. The Balaban J connectivity index is 1.99. The van der Waals surface area contributed by atoms with E-state index in [9.17, 15) is 4.79 Å². The lowest BCUT2D eigenvalue weighted by atomic mass is 10.1. The van der Waals surface area contributed by atoms with Crippen LogP contribution >= 0.6 is 0 Å². The molecule has 0 aliphatic heterocycles. The van der Waals surface area contributed by atoms with Crippen molar-refractivity contribution in [1.29, 1.82) is 0 Å². The van der Waals surface area contributed by atoms with Crippen LogP contribution < -0.4 is 16.9 Å². The molecule has 3 aromatic rings. The molecule has 6 heteroatoms. The molecule has 0 bridgehead atoms. The van der Waals surface area contributed by atoms with E-state index in [0.717, 1.165) is 11.1 Å². The van der Waals surface area contributed by atoms with Crippen LogP contribution in [0.4, 0.5) is 0 Å². The smallest absolute Gasteiger partial charge is 0.193 e. The van der Waals surface area contributed by atoms with Gasteiger partial charge in [-0.25, -0.2) is 0 Å². The quantitative estimate of drug-likeness (QED) is 0.512. The topological polar surface area (TPSA) is 107 Å². The van der Waals surface area contributed by atoms with Gasteiger partial charge in [0.15, 0.2) is 5.43 Å². The zero-order valence-electron chi connectivity index (χ0n) is 17.1. The van der Waals surface area contributed by atoms with Gasteiger partial charge in [0, 0.05) is 34.8 Å². The fourth-order valence-corrected chi connectivity index (χ4v) is 2.97. The standard InChI is InChI=1S/C23H26N4O2/c1-13(2)26-22(24)16-7-5-15(6-8-16)21-12-19(28)18-11-17(9-10-20(18)29-21)23(25)27-14(3)4/h5-14H,1-4H3,(H2,24,26)(H2,25,27). The van der Waals surface area contributed by atoms with Crippen LogP contribution in [0.15, 0.2) is 67.7 Å². The number of fused-ring (bicyclic) bond motifs is 1. The van der Waals surface area contributed by atoms with E-state index < -0.39 is 0 Å². The first kappa shape index (κ1) is 20.3. The van der Waals surface area contributed by atoms with Gasteiger partial charge < -0.3 is 15.9 Å². The third kappa shape index (κ3) is 4.71. The first-order chi connectivity index (χ1) is 13.7. The van der Waals surface area contributed by atoms with Crippen molar-refractivity contribution < 1.29 is 4.42 Å². The second-order valence-corrected chi connectivity index (χ2v) is 7.48. The minimum atomic E-state index is -0.134. The molecule has 150 valence electrons. The maximum atomic E-state index is 12.7. The molecule has 29 heavy (non-hydrogen) atoms. The first-order valence-corrected chi connectivity index (χ1v) is 9.60. The molecule has 0 radical (unpaired) electrons. The molecule has 0 unspecified atom stereocenters. The predicted molar refractivity (Wildman–Crippen MR) is 120 cm³/mol. The Labute approximate surface area is 170 Å². The van der Waals surface area contributed by atoms with Gasteiger partial charge >= 0.3 is 0 Å². The van der Waals surface area contributed by atoms with Crippen molar-refractivity contribution in [2.45, 2.75) is 39.8 Å². The summed E-state index contributed by atoms with van der Waals surface area (Å²) in [6, 6.07) is 14.4. The number of hydrogen-bond acceptors (Lipinski definition) is 4. The van der Waals surface area contributed by atoms with E-state index >= 15 is 0 Å².